The second-order valence-corrected chi connectivity index (χ2v) is 5.82. The van der Waals surface area contributed by atoms with Crippen LogP contribution in [0.1, 0.15) is 33.2 Å². The van der Waals surface area contributed by atoms with Crippen LogP contribution in [0.3, 0.4) is 0 Å². The molecule has 0 saturated heterocycles. The number of esters is 2. The van der Waals surface area contributed by atoms with Crippen molar-refractivity contribution in [1.82, 2.24) is 10.2 Å². The third-order valence-corrected chi connectivity index (χ3v) is 3.56. The molecule has 4 N–H and O–H groups in total. The number of carboxylic acids is 1. The summed E-state index contributed by atoms with van der Waals surface area (Å²) < 4.78 is 9.13. The molecule has 0 atom stereocenters. The number of aromatic nitrogens is 2. The van der Waals surface area contributed by atoms with Crippen LogP contribution in [0.2, 0.25) is 0 Å². The Morgan fingerprint density at radius 2 is 1.52 bits per heavy atom. The van der Waals surface area contributed by atoms with E-state index in [4.69, 9.17) is 25.7 Å². The average molecular weight is 470 g/mol. The van der Waals surface area contributed by atoms with Crippen LogP contribution in [0.5, 0.6) is 0 Å². The summed E-state index contributed by atoms with van der Waals surface area (Å²) in [5.41, 5.74) is 9.03. The van der Waals surface area contributed by atoms with Crippen molar-refractivity contribution in [3.05, 3.63) is 69.4 Å². The third kappa shape index (κ3) is 12.2. The molecule has 3 rings (SSSR count). The Kier molecular flexibility index (Phi) is 16.4. The Morgan fingerprint density at radius 1 is 1.06 bits per heavy atom. The van der Waals surface area contributed by atoms with Crippen LogP contribution in [0.15, 0.2) is 47.9 Å². The summed E-state index contributed by atoms with van der Waals surface area (Å²) in [4.78, 5) is 39.1. The fourth-order valence-electron chi connectivity index (χ4n) is 2.07. The molecule has 0 aliphatic heterocycles. The Morgan fingerprint density at radius 3 is 1.97 bits per heavy atom. The number of hydrogen-bond acceptors (Lipinski definition) is 10. The van der Waals surface area contributed by atoms with Gasteiger partial charge in [-0.05, 0) is 36.8 Å². The van der Waals surface area contributed by atoms with Crippen LogP contribution in [0.4, 0.5) is 5.69 Å². The molecule has 33 heavy (non-hydrogen) atoms. The molecular weight excluding hydrogens is 447 g/mol. The van der Waals surface area contributed by atoms with Gasteiger partial charge in [-0.2, -0.15) is 5.10 Å². The molecule has 0 aliphatic rings. The smallest absolute Gasteiger partial charge is 0.481 e. The predicted octanol–water partition coefficient (Wildman–Crippen LogP) is 0.0588. The summed E-state index contributed by atoms with van der Waals surface area (Å²) in [7, 11) is 2.71. The number of hydrogen-bond donors (Lipinski definition) is 3. The number of H-pyrrole nitrogens is 1. The van der Waals surface area contributed by atoms with Crippen molar-refractivity contribution < 1.29 is 58.5 Å². The van der Waals surface area contributed by atoms with Crippen LogP contribution in [-0.2, 0) is 14.3 Å². The van der Waals surface area contributed by atoms with Gasteiger partial charge in [-0.3, -0.25) is 9.89 Å². The van der Waals surface area contributed by atoms with Crippen LogP contribution in [0.25, 0.3) is 10.9 Å². The molecule has 1 aromatic heterocycles. The molecule has 0 bridgehead atoms. The van der Waals surface area contributed by atoms with Gasteiger partial charge < -0.3 is 30.4 Å². The Hall–Kier alpha value is -3.48. The Labute approximate surface area is 211 Å². The molecule has 0 aliphatic carbocycles. The van der Waals surface area contributed by atoms with Gasteiger partial charge in [0.15, 0.2) is 0 Å². The van der Waals surface area contributed by atoms with Crippen molar-refractivity contribution in [2.24, 2.45) is 5.34 Å². The number of aromatic amines is 1. The first kappa shape index (κ1) is 31.7. The number of anilines is 1. The number of benzene rings is 2. The number of rotatable bonds is 2. The fraction of sp³-hybridized carbons (Fsp3) is 0.200. The zero-order chi connectivity index (χ0) is 24.7. The summed E-state index contributed by atoms with van der Waals surface area (Å²) in [6, 6.07) is 10.4. The molecule has 0 amide bonds. The van der Waals surface area contributed by atoms with Gasteiger partial charge in [0, 0.05) is 18.0 Å². The minimum atomic E-state index is -0.833. The standard InChI is InChI=1S/C9H8N2O2.C9H11NO2.C2H4O2.HNO2.Na/c1-13-9(12)6-2-3-7-5-10-11-8(7)4-6;1-6-3-4-7(5-8(6)10)9(11)12-2;1-2(3)4;2-1-3;/h2-5H,1H3,(H,10,11);3-5H,10H2,1-2H3;1H3,(H,3,4);(H,2,3);/q;;;;+1/p-1. The van der Waals surface area contributed by atoms with E-state index in [2.05, 4.69) is 19.7 Å². The van der Waals surface area contributed by atoms with Crippen LogP contribution in [-0.4, -0.2) is 47.4 Å². The van der Waals surface area contributed by atoms with E-state index in [1.54, 1.807) is 36.5 Å². The molecule has 0 fully saturated rings. The number of aryl methyl sites for hydroxylation is 1. The van der Waals surface area contributed by atoms with E-state index < -0.39 is 5.97 Å². The Bertz CT molecular complexity index is 1050. The second kappa shape index (κ2) is 17.1. The maximum absolute atomic E-state index is 11.1. The average Bonchev–Trinajstić information content (AvgIpc) is 3.23. The summed E-state index contributed by atoms with van der Waals surface area (Å²) in [6.45, 7) is 2.97. The number of nitrogens with one attached hydrogen (secondary N) is 1. The van der Waals surface area contributed by atoms with Gasteiger partial charge in [-0.25, -0.2) is 9.59 Å². The number of aliphatic carboxylic acids is 1. The van der Waals surface area contributed by atoms with Crippen molar-refractivity contribution >= 4 is 34.5 Å². The number of carbonyl (C=O) groups is 3. The number of carbonyl (C=O) groups excluding carboxylic acids is 2. The van der Waals surface area contributed by atoms with Gasteiger partial charge >= 0.3 is 41.5 Å². The first-order chi connectivity index (χ1) is 15.1. The SMILES string of the molecule is CC(=O)O.COC(=O)c1ccc(C)c(N)c1.COC(=O)c1ccc2cn[nH]c2c1.O=N[O-].[Na+]. The molecule has 0 radical (unpaired) electrons. The summed E-state index contributed by atoms with van der Waals surface area (Å²) >= 11 is 0. The molecule has 0 spiro atoms. The maximum atomic E-state index is 11.1. The molecule has 12 nitrogen and oxygen atoms in total. The number of carboxylic acid groups (broad SMARTS) is 1. The van der Waals surface area contributed by atoms with Crippen LogP contribution >= 0.6 is 0 Å². The molecular formula is C20H23N4NaO8. The van der Waals surface area contributed by atoms with Crippen LogP contribution < -0.4 is 35.3 Å². The van der Waals surface area contributed by atoms with Crippen molar-refractivity contribution in [2.45, 2.75) is 13.8 Å². The van der Waals surface area contributed by atoms with Crippen molar-refractivity contribution in [3.63, 3.8) is 0 Å². The molecule has 172 valence electrons. The van der Waals surface area contributed by atoms with Gasteiger partial charge in [0.25, 0.3) is 5.97 Å². The van der Waals surface area contributed by atoms with Crippen molar-refractivity contribution in [3.8, 4) is 0 Å². The summed E-state index contributed by atoms with van der Waals surface area (Å²) in [5, 5.41) is 24.0. The normalized spacial score (nSPS) is 8.61. The molecule has 13 heteroatoms. The van der Waals surface area contributed by atoms with Crippen LogP contribution in [0, 0.1) is 17.0 Å². The number of nitrogens with zero attached hydrogens (tertiary/aromatic N) is 2. The van der Waals surface area contributed by atoms with Gasteiger partial charge in [-0.1, -0.05) is 12.1 Å². The molecule has 0 saturated carbocycles. The monoisotopic (exact) mass is 470 g/mol. The van der Waals surface area contributed by atoms with Crippen molar-refractivity contribution in [2.75, 3.05) is 20.0 Å². The molecule has 2 aromatic carbocycles. The summed E-state index contributed by atoms with van der Waals surface area (Å²) in [5.74, 6) is -1.53. The first-order valence-electron chi connectivity index (χ1n) is 8.71. The first-order valence-corrected chi connectivity index (χ1v) is 8.71. The molecule has 0 unspecified atom stereocenters. The summed E-state index contributed by atoms with van der Waals surface area (Å²) in [6.07, 6.45) is 1.70. The quantitative estimate of drug-likeness (QED) is 0.151. The van der Waals surface area contributed by atoms with Gasteiger partial charge in [0.05, 0.1) is 37.1 Å². The van der Waals surface area contributed by atoms with E-state index in [9.17, 15) is 9.59 Å². The number of fused-ring (bicyclic) bond motifs is 1. The van der Waals surface area contributed by atoms with Gasteiger partial charge in [0.1, 0.15) is 0 Å². The third-order valence-electron chi connectivity index (χ3n) is 3.56. The van der Waals surface area contributed by atoms with Crippen molar-refractivity contribution in [1.29, 1.82) is 0 Å². The second-order valence-electron chi connectivity index (χ2n) is 5.82. The molecule has 3 aromatic rings. The predicted molar refractivity (Wildman–Crippen MR) is 117 cm³/mol. The zero-order valence-corrected chi connectivity index (χ0v) is 20.8. The maximum Gasteiger partial charge on any atom is 1.00 e. The van der Waals surface area contributed by atoms with Gasteiger partial charge in [0.2, 0.25) is 0 Å². The minimum Gasteiger partial charge on any atom is -0.481 e. The number of ether oxygens (including phenoxy) is 2. The van der Waals surface area contributed by atoms with E-state index in [1.807, 2.05) is 13.0 Å². The number of nitrogen functional groups attached to an aromatic ring is 1. The number of methoxy groups -OCH3 is 2. The largest absolute Gasteiger partial charge is 1.00 e. The van der Waals surface area contributed by atoms with E-state index >= 15 is 0 Å². The van der Waals surface area contributed by atoms with E-state index in [-0.39, 0.29) is 41.5 Å². The fourth-order valence-corrected chi connectivity index (χ4v) is 2.07. The van der Waals surface area contributed by atoms with E-state index in [1.165, 1.54) is 14.2 Å². The Balaban J connectivity index is 0. The zero-order valence-electron chi connectivity index (χ0n) is 18.8. The minimum absolute atomic E-state index is 0. The van der Waals surface area contributed by atoms with E-state index in [0.29, 0.717) is 16.8 Å². The topological polar surface area (TPSA) is 197 Å². The van der Waals surface area contributed by atoms with Gasteiger partial charge in [-0.15, -0.1) is 5.34 Å². The van der Waals surface area contributed by atoms with E-state index in [0.717, 1.165) is 28.7 Å². The molecule has 1 heterocycles. The number of nitrogens with two attached hydrogens (primary N) is 1.